The van der Waals surface area contributed by atoms with Crippen molar-refractivity contribution in [2.75, 3.05) is 18.4 Å². The maximum absolute atomic E-state index is 12.2. The van der Waals surface area contributed by atoms with E-state index in [0.29, 0.717) is 6.54 Å². The Labute approximate surface area is 139 Å². The smallest absolute Gasteiger partial charge is 0.247 e. The molecule has 3 N–H and O–H groups in total. The molecule has 1 fully saturated rings. The number of hydrogen-bond donors (Lipinski definition) is 2. The molecular weight excluding hydrogens is 290 g/mol. The van der Waals surface area contributed by atoms with Crippen LogP contribution in [0.4, 0.5) is 5.69 Å². The van der Waals surface area contributed by atoms with Gasteiger partial charge in [-0.1, -0.05) is 39.8 Å². The van der Waals surface area contributed by atoms with Crippen LogP contribution in [0.3, 0.4) is 0 Å². The Morgan fingerprint density at radius 3 is 2.39 bits per heavy atom. The summed E-state index contributed by atoms with van der Waals surface area (Å²) >= 11 is 0. The number of likely N-dealkylation sites (tertiary alicyclic amines) is 1. The summed E-state index contributed by atoms with van der Waals surface area (Å²) < 4.78 is 0. The largest absolute Gasteiger partial charge is 0.333 e. The molecule has 1 aromatic carbocycles. The summed E-state index contributed by atoms with van der Waals surface area (Å²) in [6, 6.07) is 7.57. The zero-order chi connectivity index (χ0) is 17.5. The van der Waals surface area contributed by atoms with Gasteiger partial charge in [-0.2, -0.15) is 0 Å². The van der Waals surface area contributed by atoms with E-state index in [1.54, 1.807) is 4.90 Å². The molecular formula is C18H29N3O2. The molecule has 1 saturated heterocycles. The van der Waals surface area contributed by atoms with Gasteiger partial charge in [0.15, 0.2) is 0 Å². The Kier molecular flexibility index (Phi) is 7.23. The molecule has 0 bridgehead atoms. The second kappa shape index (κ2) is 8.67. The predicted octanol–water partition coefficient (Wildman–Crippen LogP) is 2.51. The summed E-state index contributed by atoms with van der Waals surface area (Å²) in [7, 11) is 0. The van der Waals surface area contributed by atoms with Gasteiger partial charge in [-0.3, -0.25) is 9.59 Å². The van der Waals surface area contributed by atoms with Crippen LogP contribution in [0.5, 0.6) is 0 Å². The Morgan fingerprint density at radius 2 is 1.91 bits per heavy atom. The van der Waals surface area contributed by atoms with Crippen molar-refractivity contribution >= 4 is 18.0 Å². The molecule has 5 heteroatoms. The molecule has 0 spiro atoms. The van der Waals surface area contributed by atoms with E-state index >= 15 is 0 Å². The molecule has 1 unspecified atom stereocenters. The number of anilines is 1. The van der Waals surface area contributed by atoms with E-state index in [1.165, 1.54) is 5.56 Å². The first kappa shape index (κ1) is 19.2. The van der Waals surface area contributed by atoms with Crippen LogP contribution in [0.15, 0.2) is 24.3 Å². The van der Waals surface area contributed by atoms with Crippen molar-refractivity contribution in [2.45, 2.75) is 52.0 Å². The summed E-state index contributed by atoms with van der Waals surface area (Å²) in [5.41, 5.74) is 6.95. The number of nitrogens with zero attached hydrogens (tertiary/aromatic N) is 1. The van der Waals surface area contributed by atoms with E-state index in [9.17, 15) is 9.59 Å². The Bertz CT molecular complexity index is 506. The summed E-state index contributed by atoms with van der Waals surface area (Å²) in [4.78, 5) is 24.6. The van der Waals surface area contributed by atoms with E-state index in [0.717, 1.165) is 31.5 Å². The van der Waals surface area contributed by atoms with Gasteiger partial charge in [-0.05, 0) is 42.5 Å². The first-order chi connectivity index (χ1) is 10.8. The first-order valence-electron chi connectivity index (χ1n) is 8.16. The molecule has 1 aromatic rings. The van der Waals surface area contributed by atoms with Crippen LogP contribution >= 0.6 is 0 Å². The lowest BCUT2D eigenvalue weighted by Crippen LogP contribution is -2.38. The highest BCUT2D eigenvalue weighted by Gasteiger charge is 2.29. The van der Waals surface area contributed by atoms with Crippen LogP contribution in [0.25, 0.3) is 0 Å². The molecule has 1 atom stereocenters. The molecule has 2 amide bonds. The number of nitrogens with two attached hydrogens (primary N) is 1. The van der Waals surface area contributed by atoms with Crippen molar-refractivity contribution < 1.29 is 9.59 Å². The Balaban J connectivity index is 0.000000816. The standard InChI is InChI=1S/C16H22N2O2.C2H7N/c1-16(2,3)12-6-8-13(9-7-12)17-15(20)14-5-4-10-18(14)11-19;1-2-3/h6-9,11,14H,4-5,10H2,1-3H3,(H,17,20);2-3H2,1H3. The monoisotopic (exact) mass is 319 g/mol. The van der Waals surface area contributed by atoms with E-state index in [2.05, 4.69) is 26.1 Å². The molecule has 1 aliphatic rings. The van der Waals surface area contributed by atoms with Gasteiger partial charge in [0.05, 0.1) is 0 Å². The van der Waals surface area contributed by atoms with Crippen LogP contribution in [0, 0.1) is 0 Å². The number of benzene rings is 1. The van der Waals surface area contributed by atoms with Gasteiger partial charge < -0.3 is 16.0 Å². The minimum absolute atomic E-state index is 0.0990. The number of nitrogens with one attached hydrogen (secondary N) is 1. The van der Waals surface area contributed by atoms with Gasteiger partial charge in [0, 0.05) is 12.2 Å². The molecule has 0 aromatic heterocycles. The lowest BCUT2D eigenvalue weighted by Gasteiger charge is -2.21. The number of carbonyl (C=O) groups is 2. The van der Waals surface area contributed by atoms with Crippen LogP contribution in [-0.2, 0) is 15.0 Å². The number of hydrogen-bond acceptors (Lipinski definition) is 3. The van der Waals surface area contributed by atoms with Crippen molar-refractivity contribution in [3.05, 3.63) is 29.8 Å². The average molecular weight is 319 g/mol. The van der Waals surface area contributed by atoms with Gasteiger partial charge in [0.2, 0.25) is 12.3 Å². The maximum atomic E-state index is 12.2. The van der Waals surface area contributed by atoms with Gasteiger partial charge in [0.25, 0.3) is 0 Å². The second-order valence-corrected chi connectivity index (χ2v) is 6.73. The van der Waals surface area contributed by atoms with Crippen molar-refractivity contribution in [1.82, 2.24) is 4.90 Å². The fourth-order valence-electron chi connectivity index (χ4n) is 2.48. The summed E-state index contributed by atoms with van der Waals surface area (Å²) in [6.45, 7) is 9.79. The third kappa shape index (κ3) is 5.67. The lowest BCUT2D eigenvalue weighted by molar-refractivity contribution is -0.127. The molecule has 23 heavy (non-hydrogen) atoms. The van der Waals surface area contributed by atoms with E-state index < -0.39 is 0 Å². The highest BCUT2D eigenvalue weighted by atomic mass is 16.2. The zero-order valence-corrected chi connectivity index (χ0v) is 14.6. The SMILES string of the molecule is CC(C)(C)c1ccc(NC(=O)C2CCCN2C=O)cc1.CCN. The fourth-order valence-corrected chi connectivity index (χ4v) is 2.48. The lowest BCUT2D eigenvalue weighted by atomic mass is 9.87. The normalized spacial score (nSPS) is 17.3. The topological polar surface area (TPSA) is 75.4 Å². The van der Waals surface area contributed by atoms with E-state index in [-0.39, 0.29) is 17.4 Å². The van der Waals surface area contributed by atoms with Gasteiger partial charge in [-0.25, -0.2) is 0 Å². The molecule has 2 rings (SSSR count). The molecule has 5 nitrogen and oxygen atoms in total. The average Bonchev–Trinajstić information content (AvgIpc) is 2.96. The first-order valence-corrected chi connectivity index (χ1v) is 8.16. The van der Waals surface area contributed by atoms with Crippen LogP contribution < -0.4 is 11.1 Å². The predicted molar refractivity (Wildman–Crippen MR) is 94.3 cm³/mol. The number of carbonyl (C=O) groups excluding carboxylic acids is 2. The van der Waals surface area contributed by atoms with Crippen molar-refractivity contribution in [3.63, 3.8) is 0 Å². The molecule has 0 aliphatic carbocycles. The van der Waals surface area contributed by atoms with Crippen molar-refractivity contribution in [1.29, 1.82) is 0 Å². The third-order valence-electron chi connectivity index (χ3n) is 3.75. The number of amides is 2. The zero-order valence-electron chi connectivity index (χ0n) is 14.6. The minimum atomic E-state index is -0.324. The van der Waals surface area contributed by atoms with Gasteiger partial charge >= 0.3 is 0 Å². The minimum Gasteiger partial charge on any atom is -0.333 e. The highest BCUT2D eigenvalue weighted by Crippen LogP contribution is 2.24. The molecule has 1 heterocycles. The van der Waals surface area contributed by atoms with Crippen molar-refractivity contribution in [3.8, 4) is 0 Å². The summed E-state index contributed by atoms with van der Waals surface area (Å²) in [5.74, 6) is -0.0990. The molecule has 0 radical (unpaired) electrons. The van der Waals surface area contributed by atoms with E-state index in [4.69, 9.17) is 5.73 Å². The second-order valence-electron chi connectivity index (χ2n) is 6.73. The Hall–Kier alpha value is -1.88. The number of rotatable bonds is 3. The third-order valence-corrected chi connectivity index (χ3v) is 3.75. The quantitative estimate of drug-likeness (QED) is 0.841. The van der Waals surface area contributed by atoms with Gasteiger partial charge in [-0.15, -0.1) is 0 Å². The maximum Gasteiger partial charge on any atom is 0.247 e. The van der Waals surface area contributed by atoms with Crippen LogP contribution in [0.2, 0.25) is 0 Å². The van der Waals surface area contributed by atoms with Gasteiger partial charge in [0.1, 0.15) is 6.04 Å². The summed E-state index contributed by atoms with van der Waals surface area (Å²) in [5, 5.41) is 2.89. The van der Waals surface area contributed by atoms with E-state index in [1.807, 2.05) is 31.2 Å². The fraction of sp³-hybridized carbons (Fsp3) is 0.556. The highest BCUT2D eigenvalue weighted by molar-refractivity contribution is 5.96. The molecule has 128 valence electrons. The van der Waals surface area contributed by atoms with Crippen LogP contribution in [-0.4, -0.2) is 36.3 Å². The Morgan fingerprint density at radius 1 is 1.35 bits per heavy atom. The molecule has 1 aliphatic heterocycles. The summed E-state index contributed by atoms with van der Waals surface area (Å²) in [6.07, 6.45) is 2.39. The van der Waals surface area contributed by atoms with Crippen molar-refractivity contribution in [2.24, 2.45) is 5.73 Å². The molecule has 0 saturated carbocycles. The van der Waals surface area contributed by atoms with Crippen LogP contribution in [0.1, 0.15) is 46.1 Å².